The van der Waals surface area contributed by atoms with Crippen LogP contribution in [0.3, 0.4) is 0 Å². The molecule has 1 amide bonds. The number of hydrogen-bond donors (Lipinski definition) is 1. The van der Waals surface area contributed by atoms with Crippen molar-refractivity contribution in [3.05, 3.63) is 41.6 Å². The summed E-state index contributed by atoms with van der Waals surface area (Å²) in [5.41, 5.74) is 2.11. The Morgan fingerprint density at radius 2 is 1.95 bits per heavy atom. The average molecular weight is 315 g/mol. The van der Waals surface area contributed by atoms with Gasteiger partial charge in [-0.2, -0.15) is 5.10 Å². The lowest BCUT2D eigenvalue weighted by Crippen LogP contribution is -2.30. The third kappa shape index (κ3) is 2.65. The number of carbonyl (C=O) groups excluding carboxylic acids is 1. The molecule has 22 heavy (non-hydrogen) atoms. The van der Waals surface area contributed by atoms with E-state index in [1.165, 1.54) is 10.5 Å². The first-order chi connectivity index (χ1) is 10.4. The molecule has 0 radical (unpaired) electrons. The Morgan fingerprint density at radius 3 is 2.55 bits per heavy atom. The van der Waals surface area contributed by atoms with Crippen molar-refractivity contribution in [1.29, 1.82) is 0 Å². The topological polar surface area (TPSA) is 46.9 Å². The summed E-state index contributed by atoms with van der Waals surface area (Å²) in [4.78, 5) is 13.4. The molecule has 0 aliphatic carbocycles. The molecule has 116 valence electrons. The fourth-order valence-electron chi connectivity index (χ4n) is 2.86. The molecule has 0 fully saturated rings. The number of fused-ring (bicyclic) bond motifs is 1. The maximum absolute atomic E-state index is 12.2. The molecule has 0 spiro atoms. The highest BCUT2D eigenvalue weighted by Gasteiger charge is 2.32. The lowest BCUT2D eigenvalue weighted by Gasteiger charge is -2.28. The van der Waals surface area contributed by atoms with Crippen LogP contribution in [0.5, 0.6) is 0 Å². The molecule has 1 aliphatic rings. The highest BCUT2D eigenvalue weighted by molar-refractivity contribution is 7.98. The quantitative estimate of drug-likeness (QED) is 0.857. The van der Waals surface area contributed by atoms with Gasteiger partial charge in [-0.1, -0.05) is 12.1 Å². The molecule has 0 bridgehead atoms. The van der Waals surface area contributed by atoms with E-state index in [1.54, 1.807) is 11.8 Å². The zero-order valence-corrected chi connectivity index (χ0v) is 14.2. The second-order valence-corrected chi connectivity index (χ2v) is 7.49. The zero-order valence-electron chi connectivity index (χ0n) is 13.4. The summed E-state index contributed by atoms with van der Waals surface area (Å²) in [5, 5.41) is 7.51. The van der Waals surface area contributed by atoms with Gasteiger partial charge in [0.15, 0.2) is 0 Å². The first kappa shape index (κ1) is 15.2. The summed E-state index contributed by atoms with van der Waals surface area (Å²) in [6.07, 6.45) is 4.43. The van der Waals surface area contributed by atoms with Crippen molar-refractivity contribution in [2.75, 3.05) is 11.6 Å². The number of anilines is 1. The van der Waals surface area contributed by atoms with E-state index in [0.29, 0.717) is 6.42 Å². The third-order valence-corrected chi connectivity index (χ3v) is 4.72. The number of nitrogens with zero attached hydrogens (tertiary/aromatic N) is 2. The van der Waals surface area contributed by atoms with Crippen LogP contribution in [0.2, 0.25) is 0 Å². The van der Waals surface area contributed by atoms with Crippen LogP contribution in [-0.2, 0) is 10.3 Å². The fraction of sp³-hybridized carbons (Fsp3) is 0.412. The molecule has 2 heterocycles. The highest BCUT2D eigenvalue weighted by Crippen LogP contribution is 2.39. The van der Waals surface area contributed by atoms with Gasteiger partial charge in [0, 0.05) is 22.8 Å². The van der Waals surface area contributed by atoms with E-state index in [1.807, 2.05) is 10.9 Å². The zero-order chi connectivity index (χ0) is 15.9. The molecule has 1 atom stereocenters. The molecule has 0 saturated heterocycles. The van der Waals surface area contributed by atoms with E-state index in [4.69, 9.17) is 0 Å². The number of aromatic nitrogens is 2. The highest BCUT2D eigenvalue weighted by atomic mass is 32.2. The van der Waals surface area contributed by atoms with E-state index in [9.17, 15) is 4.79 Å². The molecule has 1 aliphatic heterocycles. The van der Waals surface area contributed by atoms with Crippen LogP contribution in [0.4, 0.5) is 5.82 Å². The number of rotatable bonds is 2. The number of hydrogen-bond acceptors (Lipinski definition) is 3. The summed E-state index contributed by atoms with van der Waals surface area (Å²) >= 11 is 1.72. The smallest absolute Gasteiger partial charge is 0.226 e. The number of nitrogens with one attached hydrogen (secondary N) is 1. The Bertz CT molecular complexity index is 698. The van der Waals surface area contributed by atoms with Crippen molar-refractivity contribution in [1.82, 2.24) is 9.78 Å². The lowest BCUT2D eigenvalue weighted by molar-refractivity contribution is -0.116. The van der Waals surface area contributed by atoms with Crippen LogP contribution in [-0.4, -0.2) is 21.9 Å². The van der Waals surface area contributed by atoms with Gasteiger partial charge in [0.2, 0.25) is 5.91 Å². The van der Waals surface area contributed by atoms with Crippen LogP contribution in [0, 0.1) is 0 Å². The van der Waals surface area contributed by atoms with Crippen molar-refractivity contribution < 1.29 is 4.79 Å². The minimum atomic E-state index is -0.161. The third-order valence-electron chi connectivity index (χ3n) is 3.97. The van der Waals surface area contributed by atoms with Crippen molar-refractivity contribution in [3.63, 3.8) is 0 Å². The Hall–Kier alpha value is -1.75. The number of benzene rings is 1. The van der Waals surface area contributed by atoms with Crippen LogP contribution in [0.1, 0.15) is 44.2 Å². The van der Waals surface area contributed by atoms with Crippen LogP contribution in [0.25, 0.3) is 0 Å². The van der Waals surface area contributed by atoms with E-state index in [-0.39, 0.29) is 17.4 Å². The van der Waals surface area contributed by atoms with Crippen molar-refractivity contribution in [2.45, 2.75) is 43.5 Å². The standard InChI is InChI=1S/C17H21N3OS/c1-17(2,3)20-16-14(10-18-20)13(9-15(21)19-16)11-5-7-12(22-4)8-6-11/h5-8,10,13H,9H2,1-4H3,(H,19,21)/t13-/m0/s1. The van der Waals surface area contributed by atoms with Crippen LogP contribution >= 0.6 is 11.8 Å². The summed E-state index contributed by atoms with van der Waals surface area (Å²) in [6.45, 7) is 6.26. The molecule has 3 rings (SSSR count). The van der Waals surface area contributed by atoms with Gasteiger partial charge in [-0.3, -0.25) is 4.79 Å². The molecule has 1 aromatic carbocycles. The molecular weight excluding hydrogens is 294 g/mol. The van der Waals surface area contributed by atoms with E-state index in [2.05, 4.69) is 61.7 Å². The first-order valence-corrected chi connectivity index (χ1v) is 8.65. The number of carbonyl (C=O) groups is 1. The minimum Gasteiger partial charge on any atom is -0.311 e. The van der Waals surface area contributed by atoms with Gasteiger partial charge in [0.25, 0.3) is 0 Å². The molecule has 2 aromatic rings. The van der Waals surface area contributed by atoms with Gasteiger partial charge < -0.3 is 5.32 Å². The Morgan fingerprint density at radius 1 is 1.27 bits per heavy atom. The Labute approximate surface area is 135 Å². The molecule has 5 heteroatoms. The van der Waals surface area contributed by atoms with Gasteiger partial charge >= 0.3 is 0 Å². The predicted octanol–water partition coefficient (Wildman–Crippen LogP) is 3.83. The summed E-state index contributed by atoms with van der Waals surface area (Å²) in [5.74, 6) is 0.968. The SMILES string of the molecule is CSc1ccc([C@@H]2CC(=O)Nc3c2cnn3C(C)(C)C)cc1. The van der Waals surface area contributed by atoms with Crippen molar-refractivity contribution in [2.24, 2.45) is 0 Å². The molecule has 0 saturated carbocycles. The summed E-state index contributed by atoms with van der Waals surface area (Å²) in [7, 11) is 0. The Kier molecular flexibility index (Phi) is 3.77. The van der Waals surface area contributed by atoms with Crippen LogP contribution < -0.4 is 5.32 Å². The van der Waals surface area contributed by atoms with Gasteiger partial charge in [-0.25, -0.2) is 4.68 Å². The van der Waals surface area contributed by atoms with E-state index >= 15 is 0 Å². The monoisotopic (exact) mass is 315 g/mol. The van der Waals surface area contributed by atoms with E-state index in [0.717, 1.165) is 11.4 Å². The molecular formula is C17H21N3OS. The largest absolute Gasteiger partial charge is 0.311 e. The predicted molar refractivity (Wildman–Crippen MR) is 90.5 cm³/mol. The van der Waals surface area contributed by atoms with Crippen molar-refractivity contribution >= 4 is 23.5 Å². The van der Waals surface area contributed by atoms with Crippen LogP contribution in [0.15, 0.2) is 35.4 Å². The lowest BCUT2D eigenvalue weighted by atomic mass is 9.87. The maximum atomic E-state index is 12.2. The number of thioether (sulfide) groups is 1. The maximum Gasteiger partial charge on any atom is 0.226 e. The summed E-state index contributed by atoms with van der Waals surface area (Å²) < 4.78 is 1.91. The van der Waals surface area contributed by atoms with Gasteiger partial charge in [0.1, 0.15) is 5.82 Å². The summed E-state index contributed by atoms with van der Waals surface area (Å²) in [6, 6.07) is 8.46. The number of amides is 1. The second kappa shape index (κ2) is 5.47. The fourth-order valence-corrected chi connectivity index (χ4v) is 3.27. The van der Waals surface area contributed by atoms with E-state index < -0.39 is 0 Å². The molecule has 0 unspecified atom stereocenters. The average Bonchev–Trinajstić information content (AvgIpc) is 2.90. The normalized spacial score (nSPS) is 18.0. The van der Waals surface area contributed by atoms with Gasteiger partial charge in [0.05, 0.1) is 11.7 Å². The first-order valence-electron chi connectivity index (χ1n) is 7.42. The molecule has 1 N–H and O–H groups in total. The molecule has 1 aromatic heterocycles. The Balaban J connectivity index is 2.04. The minimum absolute atomic E-state index is 0.0532. The van der Waals surface area contributed by atoms with Crippen molar-refractivity contribution in [3.8, 4) is 0 Å². The second-order valence-electron chi connectivity index (χ2n) is 6.61. The molecule has 4 nitrogen and oxygen atoms in total. The van der Waals surface area contributed by atoms with Gasteiger partial charge in [-0.15, -0.1) is 11.8 Å². The van der Waals surface area contributed by atoms with Gasteiger partial charge in [-0.05, 0) is 44.7 Å².